The van der Waals surface area contributed by atoms with Gasteiger partial charge in [-0.2, -0.15) is 0 Å². The van der Waals surface area contributed by atoms with E-state index in [4.69, 9.17) is 4.74 Å². The quantitative estimate of drug-likeness (QED) is 0.499. The average Bonchev–Trinajstić information content (AvgIpc) is 2.89. The van der Waals surface area contributed by atoms with Crippen molar-refractivity contribution in [2.24, 2.45) is 0 Å². The number of nitrogens with one attached hydrogen (secondary N) is 1. The van der Waals surface area contributed by atoms with Crippen molar-refractivity contribution in [3.05, 3.63) is 89.0 Å². The molecule has 190 valence electrons. The molecule has 1 fully saturated rings. The minimum atomic E-state index is -3.95. The summed E-state index contributed by atoms with van der Waals surface area (Å²) in [6, 6.07) is 20.2. The Morgan fingerprint density at radius 3 is 2.28 bits per heavy atom. The van der Waals surface area contributed by atoms with Crippen molar-refractivity contribution in [1.29, 1.82) is 0 Å². The summed E-state index contributed by atoms with van der Waals surface area (Å²) in [6.45, 7) is 8.87. The van der Waals surface area contributed by atoms with Crippen molar-refractivity contribution in [2.45, 2.75) is 32.2 Å². The van der Waals surface area contributed by atoms with E-state index in [2.05, 4.69) is 10.2 Å². The lowest BCUT2D eigenvalue weighted by Gasteiger charge is -2.29. The number of hydrogen-bond acceptors (Lipinski definition) is 5. The van der Waals surface area contributed by atoms with Crippen LogP contribution < -0.4 is 14.5 Å². The topological polar surface area (TPSA) is 79.0 Å². The van der Waals surface area contributed by atoms with Gasteiger partial charge in [0.25, 0.3) is 10.0 Å². The number of amides is 1. The molecule has 0 saturated carbocycles. The maximum Gasteiger partial charge on any atom is 0.264 e. The van der Waals surface area contributed by atoms with Crippen molar-refractivity contribution in [1.82, 2.24) is 5.32 Å². The largest absolute Gasteiger partial charge is 0.378 e. The van der Waals surface area contributed by atoms with Crippen LogP contribution in [-0.2, 0) is 26.1 Å². The molecule has 0 aromatic heterocycles. The lowest BCUT2D eigenvalue weighted by atomic mass is 10.1. The molecule has 36 heavy (non-hydrogen) atoms. The summed E-state index contributed by atoms with van der Waals surface area (Å²) in [6.07, 6.45) is 0. The van der Waals surface area contributed by atoms with Gasteiger partial charge in [-0.15, -0.1) is 0 Å². The molecule has 1 amide bonds. The fraction of sp³-hybridized carbons (Fsp3) is 0.321. The van der Waals surface area contributed by atoms with Gasteiger partial charge in [0.2, 0.25) is 5.91 Å². The summed E-state index contributed by atoms with van der Waals surface area (Å²) in [5.41, 5.74) is 5.31. The predicted octanol–water partition coefficient (Wildman–Crippen LogP) is 3.96. The molecule has 8 heteroatoms. The number of morpholine rings is 1. The van der Waals surface area contributed by atoms with E-state index in [1.54, 1.807) is 30.3 Å². The predicted molar refractivity (Wildman–Crippen MR) is 143 cm³/mol. The maximum atomic E-state index is 13.6. The molecule has 1 heterocycles. The van der Waals surface area contributed by atoms with Gasteiger partial charge in [0.1, 0.15) is 6.54 Å². The highest BCUT2D eigenvalue weighted by atomic mass is 32.2. The first kappa shape index (κ1) is 25.7. The highest BCUT2D eigenvalue weighted by molar-refractivity contribution is 7.92. The van der Waals surface area contributed by atoms with Crippen LogP contribution >= 0.6 is 0 Å². The molecule has 0 radical (unpaired) electrons. The van der Waals surface area contributed by atoms with E-state index in [9.17, 15) is 13.2 Å². The van der Waals surface area contributed by atoms with Crippen LogP contribution in [0.2, 0.25) is 0 Å². The highest BCUT2D eigenvalue weighted by Crippen LogP contribution is 2.28. The molecule has 4 rings (SSSR count). The van der Waals surface area contributed by atoms with Crippen molar-refractivity contribution in [3.8, 4) is 0 Å². The molecule has 3 aromatic carbocycles. The van der Waals surface area contributed by atoms with Crippen molar-refractivity contribution < 1.29 is 17.9 Å². The zero-order chi connectivity index (χ0) is 25.7. The van der Waals surface area contributed by atoms with Crippen molar-refractivity contribution in [3.63, 3.8) is 0 Å². The van der Waals surface area contributed by atoms with Gasteiger partial charge in [0.15, 0.2) is 0 Å². The van der Waals surface area contributed by atoms with Crippen LogP contribution in [0.5, 0.6) is 0 Å². The molecule has 1 saturated heterocycles. The monoisotopic (exact) mass is 507 g/mol. The van der Waals surface area contributed by atoms with Crippen LogP contribution in [0.15, 0.2) is 71.6 Å². The number of benzene rings is 3. The number of sulfonamides is 1. The minimum absolute atomic E-state index is 0.153. The van der Waals surface area contributed by atoms with Crippen LogP contribution in [0.1, 0.15) is 22.3 Å². The van der Waals surface area contributed by atoms with E-state index in [1.165, 1.54) is 4.31 Å². The van der Waals surface area contributed by atoms with E-state index in [0.29, 0.717) is 12.2 Å². The van der Waals surface area contributed by atoms with E-state index in [-0.39, 0.29) is 17.3 Å². The normalized spacial score (nSPS) is 13.9. The van der Waals surface area contributed by atoms with Gasteiger partial charge in [0, 0.05) is 25.3 Å². The molecular formula is C28H33N3O4S. The number of nitrogens with zero attached hydrogens (tertiary/aromatic N) is 2. The molecule has 0 spiro atoms. The minimum Gasteiger partial charge on any atom is -0.378 e. The van der Waals surface area contributed by atoms with E-state index in [0.717, 1.165) is 54.2 Å². The van der Waals surface area contributed by atoms with Gasteiger partial charge < -0.3 is 15.0 Å². The molecular weight excluding hydrogens is 474 g/mol. The summed E-state index contributed by atoms with van der Waals surface area (Å²) < 4.78 is 33.9. The molecule has 1 N–H and O–H groups in total. The Morgan fingerprint density at radius 2 is 1.61 bits per heavy atom. The first-order valence-electron chi connectivity index (χ1n) is 12.1. The fourth-order valence-electron chi connectivity index (χ4n) is 4.18. The second kappa shape index (κ2) is 11.1. The number of carbonyl (C=O) groups excluding carboxylic acids is 1. The molecule has 7 nitrogen and oxygen atoms in total. The van der Waals surface area contributed by atoms with Gasteiger partial charge >= 0.3 is 0 Å². The lowest BCUT2D eigenvalue weighted by molar-refractivity contribution is -0.119. The van der Waals surface area contributed by atoms with Gasteiger partial charge in [0.05, 0.1) is 23.8 Å². The molecule has 1 aliphatic heterocycles. The second-order valence-corrected chi connectivity index (χ2v) is 10.9. The fourth-order valence-corrected chi connectivity index (χ4v) is 5.65. The lowest BCUT2D eigenvalue weighted by Crippen LogP contribution is -2.41. The van der Waals surface area contributed by atoms with Gasteiger partial charge in [-0.25, -0.2) is 8.42 Å². The molecule has 0 unspecified atom stereocenters. The smallest absolute Gasteiger partial charge is 0.264 e. The zero-order valence-corrected chi connectivity index (χ0v) is 21.8. The maximum absolute atomic E-state index is 13.6. The van der Waals surface area contributed by atoms with Gasteiger partial charge in [-0.1, -0.05) is 42.0 Å². The van der Waals surface area contributed by atoms with Crippen molar-refractivity contribution in [2.75, 3.05) is 42.1 Å². The van der Waals surface area contributed by atoms with Crippen LogP contribution in [0, 0.1) is 20.8 Å². The average molecular weight is 508 g/mol. The number of hydrogen-bond donors (Lipinski definition) is 1. The number of carbonyl (C=O) groups is 1. The van der Waals surface area contributed by atoms with Crippen LogP contribution in [0.25, 0.3) is 0 Å². The zero-order valence-electron chi connectivity index (χ0n) is 21.0. The third-order valence-electron chi connectivity index (χ3n) is 6.54. The Morgan fingerprint density at radius 1 is 0.944 bits per heavy atom. The van der Waals surface area contributed by atoms with Crippen LogP contribution in [0.3, 0.4) is 0 Å². The highest BCUT2D eigenvalue weighted by Gasteiger charge is 2.28. The third-order valence-corrected chi connectivity index (χ3v) is 8.32. The van der Waals surface area contributed by atoms with Crippen LogP contribution in [-0.4, -0.2) is 47.2 Å². The third kappa shape index (κ3) is 5.88. The second-order valence-electron chi connectivity index (χ2n) is 9.09. The van der Waals surface area contributed by atoms with Gasteiger partial charge in [-0.05, 0) is 67.8 Å². The summed E-state index contributed by atoms with van der Waals surface area (Å²) in [4.78, 5) is 15.4. The molecule has 1 aliphatic rings. The Balaban J connectivity index is 1.50. The molecule has 0 atom stereocenters. The van der Waals surface area contributed by atoms with Gasteiger partial charge in [-0.3, -0.25) is 9.10 Å². The first-order valence-corrected chi connectivity index (χ1v) is 13.5. The van der Waals surface area contributed by atoms with E-state index < -0.39 is 10.0 Å². The molecule has 0 aliphatic carbocycles. The number of rotatable bonds is 8. The Bertz CT molecular complexity index is 1300. The Hall–Kier alpha value is -3.36. The Kier molecular flexibility index (Phi) is 7.96. The summed E-state index contributed by atoms with van der Waals surface area (Å²) >= 11 is 0. The number of ether oxygens (including phenoxy) is 1. The van der Waals surface area contributed by atoms with Crippen LogP contribution in [0.4, 0.5) is 11.4 Å². The van der Waals surface area contributed by atoms with E-state index >= 15 is 0 Å². The Labute approximate surface area is 213 Å². The van der Waals surface area contributed by atoms with E-state index in [1.807, 2.05) is 57.2 Å². The molecule has 3 aromatic rings. The standard InChI is InChI=1S/C28H33N3O4S/c1-21-7-13-26(14-8-21)36(33,34)31(27-6-4-5-22(2)23(27)3)20-28(32)29-19-24-9-11-25(12-10-24)30-15-17-35-18-16-30/h4-14H,15-20H2,1-3H3,(H,29,32). The SMILES string of the molecule is Cc1ccc(S(=O)(=O)N(CC(=O)NCc2ccc(N3CCOCC3)cc2)c2cccc(C)c2C)cc1. The molecule has 0 bridgehead atoms. The first-order chi connectivity index (χ1) is 17.3. The summed E-state index contributed by atoms with van der Waals surface area (Å²) in [5, 5.41) is 2.89. The summed E-state index contributed by atoms with van der Waals surface area (Å²) in [7, 11) is -3.95. The van der Waals surface area contributed by atoms with Crippen molar-refractivity contribution >= 4 is 27.3 Å². The number of aryl methyl sites for hydroxylation is 2. The summed E-state index contributed by atoms with van der Waals surface area (Å²) in [5.74, 6) is -0.371. The number of anilines is 2.